The van der Waals surface area contributed by atoms with Crippen molar-refractivity contribution in [1.82, 2.24) is 10.2 Å². The van der Waals surface area contributed by atoms with E-state index in [0.717, 1.165) is 37.0 Å². The summed E-state index contributed by atoms with van der Waals surface area (Å²) in [6.45, 7) is 5.49. The first-order valence-electron chi connectivity index (χ1n) is 10.7. The number of hydrogen-bond acceptors (Lipinski definition) is 3. The molecule has 2 amide bonds. The lowest BCUT2D eigenvalue weighted by molar-refractivity contribution is -0.127. The van der Waals surface area contributed by atoms with E-state index in [4.69, 9.17) is 16.3 Å². The molecule has 6 heteroatoms. The van der Waals surface area contributed by atoms with E-state index in [1.807, 2.05) is 29.2 Å². The molecule has 31 heavy (non-hydrogen) atoms. The molecule has 0 aliphatic heterocycles. The van der Waals surface area contributed by atoms with Crippen LogP contribution < -0.4 is 10.1 Å². The highest BCUT2D eigenvalue weighted by Gasteiger charge is 2.21. The van der Waals surface area contributed by atoms with Crippen LogP contribution >= 0.6 is 11.6 Å². The number of carbonyl (C=O) groups excluding carboxylic acids is 2. The number of unbranched alkanes of at least 4 members (excludes halogenated alkanes) is 2. The third kappa shape index (κ3) is 7.44. The number of benzene rings is 2. The number of nitrogens with zero attached hydrogens (tertiary/aromatic N) is 1. The van der Waals surface area contributed by atoms with Crippen LogP contribution in [0.1, 0.15) is 55.5 Å². The zero-order valence-corrected chi connectivity index (χ0v) is 19.2. The van der Waals surface area contributed by atoms with Crippen LogP contribution in [0.3, 0.4) is 0 Å². The Morgan fingerprint density at radius 1 is 1.00 bits per heavy atom. The molecule has 0 radical (unpaired) electrons. The number of amides is 2. The van der Waals surface area contributed by atoms with Gasteiger partial charge in [-0.1, -0.05) is 62.6 Å². The van der Waals surface area contributed by atoms with E-state index in [9.17, 15) is 9.59 Å². The molecular formula is C25H31ClN2O3. The molecular weight excluding hydrogens is 412 g/mol. The Labute approximate surface area is 190 Å². The number of carbonyl (C=O) groups is 2. The van der Waals surface area contributed by atoms with Gasteiger partial charge in [0.25, 0.3) is 11.8 Å². The monoisotopic (exact) mass is 442 g/mol. The van der Waals surface area contributed by atoms with Gasteiger partial charge in [0.15, 0.2) is 0 Å². The van der Waals surface area contributed by atoms with Crippen molar-refractivity contribution in [2.24, 2.45) is 0 Å². The van der Waals surface area contributed by atoms with Crippen LogP contribution in [0.15, 0.2) is 54.2 Å². The molecule has 0 aliphatic rings. The van der Waals surface area contributed by atoms with Crippen LogP contribution in [0.25, 0.3) is 6.08 Å². The quantitative estimate of drug-likeness (QED) is 0.464. The van der Waals surface area contributed by atoms with Crippen molar-refractivity contribution in [2.45, 2.75) is 39.5 Å². The fourth-order valence-electron chi connectivity index (χ4n) is 3.04. The number of nitrogens with one attached hydrogen (secondary N) is 1. The summed E-state index contributed by atoms with van der Waals surface area (Å²) >= 11 is 6.19. The van der Waals surface area contributed by atoms with E-state index >= 15 is 0 Å². The predicted octanol–water partition coefficient (Wildman–Crippen LogP) is 5.55. The van der Waals surface area contributed by atoms with Gasteiger partial charge in [0.2, 0.25) is 0 Å². The van der Waals surface area contributed by atoms with Gasteiger partial charge in [0, 0.05) is 13.1 Å². The molecule has 0 bridgehead atoms. The first-order chi connectivity index (χ1) is 15.0. The molecule has 0 aromatic heterocycles. The molecule has 166 valence electrons. The summed E-state index contributed by atoms with van der Waals surface area (Å²) in [7, 11) is 1.60. The predicted molar refractivity (Wildman–Crippen MR) is 126 cm³/mol. The highest BCUT2D eigenvalue weighted by molar-refractivity contribution is 6.34. The van der Waals surface area contributed by atoms with Gasteiger partial charge in [0.05, 0.1) is 17.7 Å². The van der Waals surface area contributed by atoms with Gasteiger partial charge in [0.1, 0.15) is 11.4 Å². The second kappa shape index (κ2) is 12.8. The summed E-state index contributed by atoms with van der Waals surface area (Å²) in [6, 6.07) is 14.1. The Morgan fingerprint density at radius 2 is 1.61 bits per heavy atom. The summed E-state index contributed by atoms with van der Waals surface area (Å²) in [5, 5.41) is 3.14. The average Bonchev–Trinajstić information content (AvgIpc) is 2.79. The largest absolute Gasteiger partial charge is 0.497 e. The Hall–Kier alpha value is -2.79. The van der Waals surface area contributed by atoms with E-state index in [2.05, 4.69) is 19.2 Å². The molecule has 0 spiro atoms. The fraction of sp³-hybridized carbons (Fsp3) is 0.360. The van der Waals surface area contributed by atoms with Gasteiger partial charge in [-0.2, -0.15) is 0 Å². The highest BCUT2D eigenvalue weighted by Crippen LogP contribution is 2.18. The Morgan fingerprint density at radius 3 is 2.16 bits per heavy atom. The SMILES string of the molecule is CCCCN(CCCC)C(=O)/C(=C\c1ccc(OC)cc1)NC(=O)c1ccccc1Cl. The van der Waals surface area contributed by atoms with E-state index in [1.165, 1.54) is 0 Å². The van der Waals surface area contributed by atoms with Crippen molar-refractivity contribution in [3.05, 3.63) is 70.4 Å². The third-order valence-corrected chi connectivity index (χ3v) is 5.20. The molecule has 0 heterocycles. The molecule has 1 N–H and O–H groups in total. The molecule has 0 unspecified atom stereocenters. The van der Waals surface area contributed by atoms with Gasteiger partial charge in [-0.3, -0.25) is 9.59 Å². The zero-order valence-electron chi connectivity index (χ0n) is 18.5. The number of ether oxygens (including phenoxy) is 1. The van der Waals surface area contributed by atoms with Crippen molar-refractivity contribution in [1.29, 1.82) is 0 Å². The number of hydrogen-bond donors (Lipinski definition) is 1. The second-order valence-electron chi connectivity index (χ2n) is 7.26. The lowest BCUT2D eigenvalue weighted by atomic mass is 10.1. The Kier molecular flexibility index (Phi) is 10.1. The maximum Gasteiger partial charge on any atom is 0.270 e. The van der Waals surface area contributed by atoms with Gasteiger partial charge >= 0.3 is 0 Å². The first-order valence-corrected chi connectivity index (χ1v) is 11.1. The Balaban J connectivity index is 2.37. The highest BCUT2D eigenvalue weighted by atomic mass is 35.5. The molecule has 0 atom stereocenters. The van der Waals surface area contributed by atoms with E-state index in [1.54, 1.807) is 37.5 Å². The van der Waals surface area contributed by atoms with Crippen LogP contribution in [0.4, 0.5) is 0 Å². The summed E-state index contributed by atoms with van der Waals surface area (Å²) < 4.78 is 5.20. The van der Waals surface area contributed by atoms with Crippen LogP contribution in [0.5, 0.6) is 5.75 Å². The summed E-state index contributed by atoms with van der Waals surface area (Å²) in [4.78, 5) is 28.1. The number of rotatable bonds is 11. The molecule has 0 aliphatic carbocycles. The normalized spacial score (nSPS) is 11.2. The van der Waals surface area contributed by atoms with E-state index < -0.39 is 5.91 Å². The minimum Gasteiger partial charge on any atom is -0.497 e. The Bertz CT molecular complexity index is 886. The van der Waals surface area contributed by atoms with E-state index in [0.29, 0.717) is 23.7 Å². The summed E-state index contributed by atoms with van der Waals surface area (Å²) in [5.41, 5.74) is 1.34. The molecule has 0 saturated heterocycles. The average molecular weight is 443 g/mol. The van der Waals surface area contributed by atoms with Crippen LogP contribution in [-0.2, 0) is 4.79 Å². The van der Waals surface area contributed by atoms with Crippen molar-refractivity contribution >= 4 is 29.5 Å². The van der Waals surface area contributed by atoms with Crippen molar-refractivity contribution < 1.29 is 14.3 Å². The van der Waals surface area contributed by atoms with Crippen LogP contribution in [-0.4, -0.2) is 36.9 Å². The van der Waals surface area contributed by atoms with Gasteiger partial charge in [-0.05, 0) is 48.7 Å². The fourth-order valence-corrected chi connectivity index (χ4v) is 3.26. The maximum absolute atomic E-state index is 13.4. The zero-order chi connectivity index (χ0) is 22.6. The maximum atomic E-state index is 13.4. The van der Waals surface area contributed by atoms with Crippen LogP contribution in [0, 0.1) is 0 Å². The van der Waals surface area contributed by atoms with Crippen molar-refractivity contribution in [2.75, 3.05) is 20.2 Å². The smallest absolute Gasteiger partial charge is 0.270 e. The number of halogens is 1. The molecule has 2 rings (SSSR count). The lowest BCUT2D eigenvalue weighted by Crippen LogP contribution is -2.39. The van der Waals surface area contributed by atoms with Crippen molar-refractivity contribution in [3.63, 3.8) is 0 Å². The standard InChI is InChI=1S/C25H31ClN2O3/c1-4-6-16-28(17-7-5-2)25(30)23(18-19-12-14-20(31-3)15-13-19)27-24(29)21-10-8-9-11-22(21)26/h8-15,18H,4-7,16-17H2,1-3H3,(H,27,29)/b23-18+. The van der Waals surface area contributed by atoms with Gasteiger partial charge in [-0.25, -0.2) is 0 Å². The second-order valence-corrected chi connectivity index (χ2v) is 7.67. The van der Waals surface area contributed by atoms with Crippen LogP contribution in [0.2, 0.25) is 5.02 Å². The third-order valence-electron chi connectivity index (χ3n) is 4.87. The lowest BCUT2D eigenvalue weighted by Gasteiger charge is -2.24. The topological polar surface area (TPSA) is 58.6 Å². The van der Waals surface area contributed by atoms with E-state index in [-0.39, 0.29) is 11.6 Å². The van der Waals surface area contributed by atoms with Gasteiger partial charge in [-0.15, -0.1) is 0 Å². The summed E-state index contributed by atoms with van der Waals surface area (Å²) in [5.74, 6) is 0.111. The van der Waals surface area contributed by atoms with Crippen molar-refractivity contribution in [3.8, 4) is 5.75 Å². The molecule has 2 aromatic rings. The molecule has 0 fully saturated rings. The number of methoxy groups -OCH3 is 1. The minimum atomic E-state index is -0.412. The molecule has 2 aromatic carbocycles. The summed E-state index contributed by atoms with van der Waals surface area (Å²) in [6.07, 6.45) is 5.48. The minimum absolute atomic E-state index is 0.196. The van der Waals surface area contributed by atoms with Gasteiger partial charge < -0.3 is 15.0 Å². The molecule has 0 saturated carbocycles. The molecule has 5 nitrogen and oxygen atoms in total. The first kappa shape index (κ1) is 24.5.